The predicted molar refractivity (Wildman–Crippen MR) is 270 cm³/mol. The van der Waals surface area contributed by atoms with Crippen molar-refractivity contribution in [3.05, 3.63) is 69.0 Å². The number of ether oxygens (including phenoxy) is 4. The zero-order chi connectivity index (χ0) is 46.7. The molecule has 2 aromatic rings. The lowest BCUT2D eigenvalue weighted by Crippen LogP contribution is -2.12. The Kier molecular flexibility index (Phi) is 36.9. The molecule has 0 bridgehead atoms. The van der Waals surface area contributed by atoms with Crippen molar-refractivity contribution in [1.29, 1.82) is 0 Å². The lowest BCUT2D eigenvalue weighted by Gasteiger charge is -2.06. The van der Waals surface area contributed by atoms with Crippen molar-refractivity contribution in [3.63, 3.8) is 0 Å². The number of esters is 2. The second-order valence-corrected chi connectivity index (χ2v) is 18.4. The van der Waals surface area contributed by atoms with Gasteiger partial charge >= 0.3 is 11.9 Å². The van der Waals surface area contributed by atoms with Gasteiger partial charge in [-0.3, -0.25) is 19.2 Å². The number of rotatable bonds is 44. The van der Waals surface area contributed by atoms with Crippen LogP contribution in [-0.2, 0) is 9.59 Å². The van der Waals surface area contributed by atoms with Gasteiger partial charge in [-0.1, -0.05) is 213 Å². The van der Waals surface area contributed by atoms with Crippen LogP contribution in [0.25, 0.3) is 0 Å². The lowest BCUT2D eigenvalue weighted by molar-refractivity contribution is -0.135. The summed E-state index contributed by atoms with van der Waals surface area (Å²) in [5, 5.41) is 0. The second kappa shape index (κ2) is 41.7. The molecular weight excluding hydrogens is 813 g/mol. The Labute approximate surface area is 395 Å². The van der Waals surface area contributed by atoms with Gasteiger partial charge in [-0.05, 0) is 74.2 Å². The molecule has 8 nitrogen and oxygen atoms in total. The first-order valence-corrected chi connectivity index (χ1v) is 26.9. The van der Waals surface area contributed by atoms with Gasteiger partial charge in [-0.25, -0.2) is 0 Å². The molecule has 0 saturated carbocycles. The van der Waals surface area contributed by atoms with Crippen molar-refractivity contribution in [2.24, 2.45) is 0 Å². The highest BCUT2D eigenvalue weighted by molar-refractivity contribution is 5.72. The number of hydrogen-bond donors (Lipinski definition) is 0. The van der Waals surface area contributed by atoms with E-state index < -0.39 is 0 Å². The summed E-state index contributed by atoms with van der Waals surface area (Å²) >= 11 is 0. The fraction of sp³-hybridized carbons (Fsp3) is 0.719. The van der Waals surface area contributed by atoms with Crippen LogP contribution >= 0.6 is 0 Å². The maximum absolute atomic E-state index is 12.5. The van der Waals surface area contributed by atoms with Crippen molar-refractivity contribution >= 4 is 11.9 Å². The van der Waals surface area contributed by atoms with E-state index in [-0.39, 0.29) is 34.3 Å². The summed E-state index contributed by atoms with van der Waals surface area (Å²) in [5.41, 5.74) is -0.677. The van der Waals surface area contributed by atoms with Gasteiger partial charge in [0, 0.05) is 12.8 Å². The predicted octanol–water partition coefficient (Wildman–Crippen LogP) is 16.1. The molecule has 0 aliphatic rings. The fourth-order valence-corrected chi connectivity index (χ4v) is 8.18. The minimum Gasteiger partial charge on any atom is -0.494 e. The molecule has 0 aliphatic heterocycles. The van der Waals surface area contributed by atoms with Crippen LogP contribution in [0, 0.1) is 0 Å². The highest BCUT2D eigenvalue weighted by Crippen LogP contribution is 2.18. The van der Waals surface area contributed by atoms with E-state index >= 15 is 0 Å². The van der Waals surface area contributed by atoms with Gasteiger partial charge in [0.25, 0.3) is 0 Å². The molecule has 0 radical (unpaired) electrons. The maximum Gasteiger partial charge on any atom is 0.311 e. The van der Waals surface area contributed by atoms with Crippen LogP contribution in [0.3, 0.4) is 0 Å². The molecule has 0 unspecified atom stereocenters. The third-order valence-corrected chi connectivity index (χ3v) is 12.3. The fourth-order valence-electron chi connectivity index (χ4n) is 8.18. The van der Waals surface area contributed by atoms with E-state index in [0.717, 1.165) is 70.6 Å². The highest BCUT2D eigenvalue weighted by atomic mass is 16.5. The summed E-state index contributed by atoms with van der Waals surface area (Å²) in [4.78, 5) is 49.9. The van der Waals surface area contributed by atoms with E-state index in [0.29, 0.717) is 37.6 Å². The average molecular weight is 905 g/mol. The summed E-state index contributed by atoms with van der Waals surface area (Å²) in [6.45, 7) is 5.57. The van der Waals surface area contributed by atoms with Crippen molar-refractivity contribution in [3.8, 4) is 23.0 Å². The average Bonchev–Trinajstić information content (AvgIpc) is 3.59. The molecular formula is C57H92O8. The van der Waals surface area contributed by atoms with Gasteiger partial charge < -0.3 is 18.9 Å². The number of carbonyl (C=O) groups excluding carboxylic acids is 2. The lowest BCUT2D eigenvalue weighted by atomic mass is 10.0. The Morgan fingerprint density at radius 2 is 0.569 bits per heavy atom. The Balaban J connectivity index is 1.47. The first-order chi connectivity index (χ1) is 31.9. The summed E-state index contributed by atoms with van der Waals surface area (Å²) in [7, 11) is 0. The van der Waals surface area contributed by atoms with Crippen molar-refractivity contribution < 1.29 is 28.5 Å². The van der Waals surface area contributed by atoms with Crippen LogP contribution in [0.4, 0.5) is 0 Å². The molecule has 65 heavy (non-hydrogen) atoms. The first-order valence-electron chi connectivity index (χ1n) is 26.9. The Morgan fingerprint density at radius 1 is 0.323 bits per heavy atom. The Bertz CT molecular complexity index is 1470. The van der Waals surface area contributed by atoms with Crippen molar-refractivity contribution in [2.45, 2.75) is 251 Å². The van der Waals surface area contributed by atoms with Crippen LogP contribution in [0.1, 0.15) is 251 Å². The highest BCUT2D eigenvalue weighted by Gasteiger charge is 2.10. The maximum atomic E-state index is 12.5. The van der Waals surface area contributed by atoms with Crippen LogP contribution in [0.2, 0.25) is 0 Å². The van der Waals surface area contributed by atoms with Gasteiger partial charge in [0.1, 0.15) is 11.5 Å². The quantitative estimate of drug-likeness (QED) is 0.0478. The topological polar surface area (TPSA) is 105 Å². The molecule has 0 spiro atoms. The second-order valence-electron chi connectivity index (χ2n) is 18.4. The molecule has 368 valence electrons. The van der Waals surface area contributed by atoms with Gasteiger partial charge in [-0.15, -0.1) is 0 Å². The smallest absolute Gasteiger partial charge is 0.311 e. The van der Waals surface area contributed by atoms with Gasteiger partial charge in [-0.2, -0.15) is 0 Å². The van der Waals surface area contributed by atoms with E-state index in [1.807, 2.05) is 0 Å². The van der Waals surface area contributed by atoms with Gasteiger partial charge in [0.15, 0.2) is 11.5 Å². The summed E-state index contributed by atoms with van der Waals surface area (Å²) < 4.78 is 22.6. The van der Waals surface area contributed by atoms with E-state index in [9.17, 15) is 19.2 Å². The SMILES string of the molecule is CCCCCCCCCCCCCCCCCC(=O)Oc1ccc(OCCCCCCCOc2ccc(OC(=O)CCCCCCCCCCCCCCCCC)c(=O)cc2)ccc1=O. The van der Waals surface area contributed by atoms with E-state index in [1.165, 1.54) is 178 Å². The molecule has 0 heterocycles. The van der Waals surface area contributed by atoms with Gasteiger partial charge in [0.05, 0.1) is 13.2 Å². The Hall–Kier alpha value is -3.68. The minimum atomic E-state index is -0.363. The monoisotopic (exact) mass is 905 g/mol. The molecule has 2 aromatic carbocycles. The molecule has 0 atom stereocenters. The van der Waals surface area contributed by atoms with E-state index in [2.05, 4.69) is 13.8 Å². The minimum absolute atomic E-state index is 0.0374. The molecule has 0 saturated heterocycles. The summed E-state index contributed by atoms with van der Waals surface area (Å²) in [5.74, 6) is 0.479. The zero-order valence-electron chi connectivity index (χ0n) is 41.5. The van der Waals surface area contributed by atoms with E-state index in [4.69, 9.17) is 18.9 Å². The number of hydrogen-bond acceptors (Lipinski definition) is 8. The summed E-state index contributed by atoms with van der Waals surface area (Å²) in [6.07, 6.45) is 43.5. The third-order valence-electron chi connectivity index (χ3n) is 12.3. The first kappa shape index (κ1) is 57.4. The van der Waals surface area contributed by atoms with Crippen LogP contribution < -0.4 is 29.8 Å². The van der Waals surface area contributed by atoms with Crippen LogP contribution in [0.15, 0.2) is 58.1 Å². The molecule has 0 fully saturated rings. The molecule has 0 aliphatic carbocycles. The van der Waals surface area contributed by atoms with Crippen molar-refractivity contribution in [2.75, 3.05) is 13.2 Å². The molecule has 0 amide bonds. The Morgan fingerprint density at radius 3 is 0.862 bits per heavy atom. The standard InChI is InChI=1S/C57H92O8/c1-3-5-7-9-11-13-15-17-19-21-23-25-27-30-34-38-56(60)64-54-46-42-50(40-44-52(54)58)62-48-36-32-29-33-37-49-63-51-41-45-53(59)55(47-43-51)65-57(61)39-35-31-28-26-24-22-20-18-16-14-12-10-8-6-4-2/h40-47H,3-39,48-49H2,1-2H3. The molecule has 0 aromatic heterocycles. The van der Waals surface area contributed by atoms with Crippen molar-refractivity contribution in [1.82, 2.24) is 0 Å². The normalized spacial score (nSPS) is 11.1. The number of carbonyl (C=O) groups is 2. The largest absolute Gasteiger partial charge is 0.494 e. The zero-order valence-corrected chi connectivity index (χ0v) is 41.5. The van der Waals surface area contributed by atoms with Crippen LogP contribution in [-0.4, -0.2) is 25.2 Å². The molecule has 0 N–H and O–H groups in total. The molecule has 2 rings (SSSR count). The third kappa shape index (κ3) is 33.4. The molecule has 8 heteroatoms. The number of unbranched alkanes of at least 4 members (excludes halogenated alkanes) is 32. The summed E-state index contributed by atoms with van der Waals surface area (Å²) in [6, 6.07) is 12.5. The van der Waals surface area contributed by atoms with E-state index in [1.54, 1.807) is 24.3 Å². The van der Waals surface area contributed by atoms with Gasteiger partial charge in [0.2, 0.25) is 10.9 Å². The van der Waals surface area contributed by atoms with Crippen LogP contribution in [0.5, 0.6) is 23.0 Å².